The highest BCUT2D eigenvalue weighted by molar-refractivity contribution is 6.01. The molecule has 0 fully saturated rings. The number of halogens is 3. The monoisotopic (exact) mass is 348 g/mol. The highest BCUT2D eigenvalue weighted by atomic mass is 19.4. The summed E-state index contributed by atoms with van der Waals surface area (Å²) in [7, 11) is 0. The van der Waals surface area contributed by atoms with Gasteiger partial charge < -0.3 is 10.2 Å². The summed E-state index contributed by atoms with van der Waals surface area (Å²) in [6.07, 6.45) is -3.65. The van der Waals surface area contributed by atoms with Crippen molar-refractivity contribution in [3.8, 4) is 0 Å². The number of nitrogens with one attached hydrogen (secondary N) is 1. The number of nitrogens with zero attached hydrogens (tertiary/aromatic N) is 1. The number of benzene rings is 2. The maximum atomic E-state index is 12.5. The molecule has 1 heterocycles. The van der Waals surface area contributed by atoms with Crippen LogP contribution in [0.3, 0.4) is 0 Å². The van der Waals surface area contributed by atoms with Gasteiger partial charge >= 0.3 is 6.18 Å². The molecule has 3 rings (SSSR count). The fraction of sp³-hybridized carbons (Fsp3) is 0.316. The Morgan fingerprint density at radius 1 is 1.08 bits per heavy atom. The quantitative estimate of drug-likeness (QED) is 0.874. The average molecular weight is 348 g/mol. The molecular weight excluding hydrogens is 329 g/mol. The van der Waals surface area contributed by atoms with Gasteiger partial charge in [-0.1, -0.05) is 47.1 Å². The van der Waals surface area contributed by atoms with Gasteiger partial charge in [0, 0.05) is 19.5 Å². The first-order chi connectivity index (χ1) is 11.9. The van der Waals surface area contributed by atoms with E-state index in [1.54, 1.807) is 0 Å². The Labute approximate surface area is 144 Å². The minimum atomic E-state index is -4.30. The van der Waals surface area contributed by atoms with E-state index in [-0.39, 0.29) is 6.10 Å². The van der Waals surface area contributed by atoms with Gasteiger partial charge in [-0.25, -0.2) is 0 Å². The highest BCUT2D eigenvalue weighted by Gasteiger charge is 2.29. The van der Waals surface area contributed by atoms with E-state index < -0.39 is 11.7 Å². The van der Waals surface area contributed by atoms with Crippen LogP contribution in [0, 0.1) is 6.92 Å². The van der Waals surface area contributed by atoms with Gasteiger partial charge in [0.1, 0.15) is 6.10 Å². The van der Waals surface area contributed by atoms with Crippen LogP contribution in [0.4, 0.5) is 13.2 Å². The Morgan fingerprint density at radius 3 is 2.40 bits per heavy atom. The zero-order valence-electron chi connectivity index (χ0n) is 13.8. The first-order valence-electron chi connectivity index (χ1n) is 8.08. The summed E-state index contributed by atoms with van der Waals surface area (Å²) in [5.41, 5.74) is 3.33. The Balaban J connectivity index is 1.45. The van der Waals surface area contributed by atoms with Crippen LogP contribution < -0.4 is 5.32 Å². The van der Waals surface area contributed by atoms with E-state index in [9.17, 15) is 13.2 Å². The fourth-order valence-electron chi connectivity index (χ4n) is 2.64. The van der Waals surface area contributed by atoms with Crippen molar-refractivity contribution in [1.29, 1.82) is 0 Å². The van der Waals surface area contributed by atoms with Crippen molar-refractivity contribution < 1.29 is 18.0 Å². The van der Waals surface area contributed by atoms with Crippen molar-refractivity contribution in [1.82, 2.24) is 5.32 Å². The molecule has 1 aliphatic rings. The minimum absolute atomic E-state index is 0.0641. The Morgan fingerprint density at radius 2 is 1.76 bits per heavy atom. The molecule has 1 atom stereocenters. The SMILES string of the molecule is Cc1ccc(C2=NOC(CNCc3ccc(C(F)(F)F)cc3)C2)cc1. The van der Waals surface area contributed by atoms with Gasteiger partial charge in [-0.05, 0) is 30.2 Å². The number of aryl methyl sites for hydroxylation is 1. The summed E-state index contributed by atoms with van der Waals surface area (Å²) in [5.74, 6) is 0. The predicted molar refractivity (Wildman–Crippen MR) is 90.4 cm³/mol. The molecule has 3 nitrogen and oxygen atoms in total. The van der Waals surface area contributed by atoms with Crippen molar-refractivity contribution in [2.45, 2.75) is 32.2 Å². The second kappa shape index (κ2) is 7.27. The average Bonchev–Trinajstić information content (AvgIpc) is 3.04. The summed E-state index contributed by atoms with van der Waals surface area (Å²) < 4.78 is 37.6. The molecular formula is C19H19F3N2O. The molecule has 0 bridgehead atoms. The molecule has 0 saturated carbocycles. The number of hydrogen-bond donors (Lipinski definition) is 1. The fourth-order valence-corrected chi connectivity index (χ4v) is 2.64. The van der Waals surface area contributed by atoms with Gasteiger partial charge in [0.15, 0.2) is 0 Å². The lowest BCUT2D eigenvalue weighted by molar-refractivity contribution is -0.137. The largest absolute Gasteiger partial charge is 0.416 e. The first-order valence-corrected chi connectivity index (χ1v) is 8.08. The van der Waals surface area contributed by atoms with Crippen LogP contribution in [0.5, 0.6) is 0 Å². The zero-order valence-corrected chi connectivity index (χ0v) is 13.8. The lowest BCUT2D eigenvalue weighted by Crippen LogP contribution is -2.26. The van der Waals surface area contributed by atoms with Crippen molar-refractivity contribution in [2.75, 3.05) is 6.54 Å². The molecule has 0 radical (unpaired) electrons. The molecule has 6 heteroatoms. The van der Waals surface area contributed by atoms with Gasteiger partial charge in [0.25, 0.3) is 0 Å². The molecule has 2 aromatic carbocycles. The van der Waals surface area contributed by atoms with Gasteiger partial charge in [-0.3, -0.25) is 0 Å². The summed E-state index contributed by atoms with van der Waals surface area (Å²) in [5, 5.41) is 7.34. The molecule has 0 aromatic heterocycles. The lowest BCUT2D eigenvalue weighted by atomic mass is 10.0. The third-order valence-corrected chi connectivity index (χ3v) is 4.10. The van der Waals surface area contributed by atoms with E-state index in [0.29, 0.717) is 19.5 Å². The predicted octanol–water partition coefficient (Wildman–Crippen LogP) is 4.30. The van der Waals surface area contributed by atoms with E-state index in [1.165, 1.54) is 17.7 Å². The van der Waals surface area contributed by atoms with E-state index in [1.807, 2.05) is 31.2 Å². The van der Waals surface area contributed by atoms with E-state index >= 15 is 0 Å². The molecule has 0 amide bonds. The second-order valence-electron chi connectivity index (χ2n) is 6.16. The number of hydrogen-bond acceptors (Lipinski definition) is 3. The topological polar surface area (TPSA) is 33.6 Å². The second-order valence-corrected chi connectivity index (χ2v) is 6.16. The summed E-state index contributed by atoms with van der Waals surface area (Å²) >= 11 is 0. The summed E-state index contributed by atoms with van der Waals surface area (Å²) in [6, 6.07) is 13.3. The van der Waals surface area contributed by atoms with E-state index in [4.69, 9.17) is 4.84 Å². The normalized spacial score (nSPS) is 17.3. The molecule has 132 valence electrons. The van der Waals surface area contributed by atoms with Crippen LogP contribution in [-0.2, 0) is 17.6 Å². The standard InChI is InChI=1S/C19H19F3N2O/c1-13-2-6-15(7-3-13)18-10-17(25-24-18)12-23-11-14-4-8-16(9-5-14)19(20,21)22/h2-9,17,23H,10-12H2,1H3. The van der Waals surface area contributed by atoms with Crippen LogP contribution in [-0.4, -0.2) is 18.4 Å². The maximum Gasteiger partial charge on any atom is 0.416 e. The molecule has 1 aliphatic heterocycles. The van der Waals surface area contributed by atoms with Gasteiger partial charge in [0.2, 0.25) is 0 Å². The Kier molecular flexibility index (Phi) is 5.08. The van der Waals surface area contributed by atoms with Crippen LogP contribution in [0.1, 0.15) is 28.7 Å². The van der Waals surface area contributed by atoms with Crippen molar-refractivity contribution in [3.05, 3.63) is 70.8 Å². The number of oxime groups is 1. The van der Waals surface area contributed by atoms with Crippen LogP contribution >= 0.6 is 0 Å². The molecule has 0 saturated heterocycles. The molecule has 1 N–H and O–H groups in total. The highest BCUT2D eigenvalue weighted by Crippen LogP contribution is 2.29. The lowest BCUT2D eigenvalue weighted by Gasteiger charge is -2.11. The third kappa shape index (κ3) is 4.60. The van der Waals surface area contributed by atoms with Crippen LogP contribution in [0.25, 0.3) is 0 Å². The molecule has 2 aromatic rings. The van der Waals surface area contributed by atoms with E-state index in [0.717, 1.165) is 29.0 Å². The third-order valence-electron chi connectivity index (χ3n) is 4.10. The summed E-state index contributed by atoms with van der Waals surface area (Å²) in [4.78, 5) is 5.43. The van der Waals surface area contributed by atoms with Gasteiger partial charge in [-0.15, -0.1) is 0 Å². The zero-order chi connectivity index (χ0) is 17.9. The Bertz CT molecular complexity index is 737. The van der Waals surface area contributed by atoms with Crippen LogP contribution in [0.15, 0.2) is 53.7 Å². The van der Waals surface area contributed by atoms with Crippen molar-refractivity contribution in [2.24, 2.45) is 5.16 Å². The number of alkyl halides is 3. The minimum Gasteiger partial charge on any atom is -0.390 e. The van der Waals surface area contributed by atoms with E-state index in [2.05, 4.69) is 10.5 Å². The van der Waals surface area contributed by atoms with Crippen molar-refractivity contribution in [3.63, 3.8) is 0 Å². The summed E-state index contributed by atoms with van der Waals surface area (Å²) in [6.45, 7) is 3.10. The Hall–Kier alpha value is -2.34. The maximum absolute atomic E-state index is 12.5. The molecule has 25 heavy (non-hydrogen) atoms. The first kappa shape index (κ1) is 17.5. The van der Waals surface area contributed by atoms with Crippen molar-refractivity contribution >= 4 is 5.71 Å². The number of rotatable bonds is 5. The molecule has 0 aliphatic carbocycles. The van der Waals surface area contributed by atoms with Gasteiger partial charge in [0.05, 0.1) is 11.3 Å². The van der Waals surface area contributed by atoms with Gasteiger partial charge in [-0.2, -0.15) is 13.2 Å². The van der Waals surface area contributed by atoms with Crippen LogP contribution in [0.2, 0.25) is 0 Å². The smallest absolute Gasteiger partial charge is 0.390 e. The molecule has 1 unspecified atom stereocenters. The molecule has 0 spiro atoms.